The Hall–Kier alpha value is -2.46. The van der Waals surface area contributed by atoms with E-state index in [1.807, 2.05) is 6.07 Å². The Balaban J connectivity index is 2.11. The van der Waals surface area contributed by atoms with Crippen molar-refractivity contribution in [3.8, 4) is 6.07 Å². The van der Waals surface area contributed by atoms with Crippen LogP contribution < -0.4 is 4.72 Å². The number of sulfonamides is 1. The lowest BCUT2D eigenvalue weighted by atomic mass is 10.2. The van der Waals surface area contributed by atoms with E-state index >= 15 is 0 Å². The molecule has 0 aliphatic heterocycles. The molecule has 2 aromatic rings. The van der Waals surface area contributed by atoms with Crippen LogP contribution in [0.25, 0.3) is 0 Å². The van der Waals surface area contributed by atoms with Gasteiger partial charge in [0, 0.05) is 12.4 Å². The normalized spacial score (nSPS) is 10.7. The summed E-state index contributed by atoms with van der Waals surface area (Å²) in [5.41, 5.74) is 1.08. The van der Waals surface area contributed by atoms with E-state index in [2.05, 4.69) is 14.7 Å². The Bertz CT molecular complexity index is 691. The summed E-state index contributed by atoms with van der Waals surface area (Å²) in [7, 11) is -3.54. The van der Waals surface area contributed by atoms with Crippen LogP contribution in [0.1, 0.15) is 11.1 Å². The topological polar surface area (TPSA) is 95.7 Å². The Morgan fingerprint density at radius 3 is 2.53 bits per heavy atom. The van der Waals surface area contributed by atoms with E-state index in [0.717, 1.165) is 0 Å². The third kappa shape index (κ3) is 3.76. The van der Waals surface area contributed by atoms with Crippen molar-refractivity contribution in [1.82, 2.24) is 9.97 Å². The fourth-order valence-electron chi connectivity index (χ4n) is 1.44. The Labute approximate surface area is 110 Å². The van der Waals surface area contributed by atoms with Crippen LogP contribution >= 0.6 is 0 Å². The maximum Gasteiger partial charge on any atom is 0.238 e. The highest BCUT2D eigenvalue weighted by atomic mass is 32.2. The van der Waals surface area contributed by atoms with Gasteiger partial charge in [-0.15, -0.1) is 0 Å². The van der Waals surface area contributed by atoms with E-state index < -0.39 is 10.0 Å². The predicted molar refractivity (Wildman–Crippen MR) is 69.4 cm³/mol. The Morgan fingerprint density at radius 1 is 1.21 bits per heavy atom. The van der Waals surface area contributed by atoms with Gasteiger partial charge in [0.05, 0.1) is 23.6 Å². The SMILES string of the molecule is N#Cc1ccc(CS(=O)(=O)Nc2cnccn2)cc1. The highest BCUT2D eigenvalue weighted by Crippen LogP contribution is 2.10. The number of hydrogen-bond donors (Lipinski definition) is 1. The van der Waals surface area contributed by atoms with Crippen LogP contribution in [0.3, 0.4) is 0 Å². The average molecular weight is 274 g/mol. The van der Waals surface area contributed by atoms with Crippen molar-refractivity contribution in [1.29, 1.82) is 5.26 Å². The van der Waals surface area contributed by atoms with Gasteiger partial charge in [0.1, 0.15) is 0 Å². The van der Waals surface area contributed by atoms with Crippen LogP contribution in [-0.4, -0.2) is 18.4 Å². The zero-order valence-corrected chi connectivity index (χ0v) is 10.6. The number of anilines is 1. The summed E-state index contributed by atoms with van der Waals surface area (Å²) in [6.45, 7) is 0. The molecule has 0 aliphatic rings. The van der Waals surface area contributed by atoms with Gasteiger partial charge in [0.25, 0.3) is 0 Å². The molecule has 19 heavy (non-hydrogen) atoms. The fourth-order valence-corrected chi connectivity index (χ4v) is 2.57. The minimum atomic E-state index is -3.54. The van der Waals surface area contributed by atoms with E-state index in [4.69, 9.17) is 5.26 Å². The molecule has 0 aliphatic carbocycles. The Kier molecular flexibility index (Phi) is 3.73. The number of nitrogens with zero attached hydrogens (tertiary/aromatic N) is 3. The monoisotopic (exact) mass is 274 g/mol. The van der Waals surface area contributed by atoms with Crippen molar-refractivity contribution in [3.63, 3.8) is 0 Å². The van der Waals surface area contributed by atoms with Crippen LogP contribution in [0.2, 0.25) is 0 Å². The number of nitriles is 1. The molecular weight excluding hydrogens is 264 g/mol. The first-order valence-corrected chi connectivity index (χ1v) is 7.00. The van der Waals surface area contributed by atoms with Gasteiger partial charge in [-0.2, -0.15) is 5.26 Å². The van der Waals surface area contributed by atoms with Gasteiger partial charge in [-0.3, -0.25) is 9.71 Å². The van der Waals surface area contributed by atoms with Gasteiger partial charge < -0.3 is 0 Å². The van der Waals surface area contributed by atoms with Crippen molar-refractivity contribution < 1.29 is 8.42 Å². The van der Waals surface area contributed by atoms with Crippen LogP contribution in [0.5, 0.6) is 0 Å². The maximum absolute atomic E-state index is 11.9. The van der Waals surface area contributed by atoms with Crippen molar-refractivity contribution in [2.45, 2.75) is 5.75 Å². The molecule has 0 fully saturated rings. The highest BCUT2D eigenvalue weighted by Gasteiger charge is 2.12. The molecule has 0 bridgehead atoms. The molecule has 2 rings (SSSR count). The Morgan fingerprint density at radius 2 is 1.95 bits per heavy atom. The number of nitrogens with one attached hydrogen (secondary N) is 1. The molecule has 0 saturated carbocycles. The van der Waals surface area contributed by atoms with Crippen molar-refractivity contribution >= 4 is 15.8 Å². The lowest BCUT2D eigenvalue weighted by Gasteiger charge is -2.06. The molecule has 0 amide bonds. The summed E-state index contributed by atoms with van der Waals surface area (Å²) in [5, 5.41) is 8.66. The zero-order valence-electron chi connectivity index (χ0n) is 9.81. The summed E-state index contributed by atoms with van der Waals surface area (Å²) >= 11 is 0. The average Bonchev–Trinajstić information content (AvgIpc) is 2.39. The molecule has 0 saturated heterocycles. The quantitative estimate of drug-likeness (QED) is 0.906. The highest BCUT2D eigenvalue weighted by molar-refractivity contribution is 7.91. The first kappa shape index (κ1) is 13.0. The summed E-state index contributed by atoms with van der Waals surface area (Å²) in [4.78, 5) is 7.61. The zero-order chi connectivity index (χ0) is 13.7. The number of rotatable bonds is 4. The van der Waals surface area contributed by atoms with Gasteiger partial charge >= 0.3 is 0 Å². The van der Waals surface area contributed by atoms with E-state index in [0.29, 0.717) is 11.1 Å². The smallest absolute Gasteiger partial charge is 0.238 e. The van der Waals surface area contributed by atoms with E-state index in [9.17, 15) is 8.42 Å². The van der Waals surface area contributed by atoms with Crippen LogP contribution in [0.4, 0.5) is 5.82 Å². The largest absolute Gasteiger partial charge is 0.266 e. The number of aromatic nitrogens is 2. The van der Waals surface area contributed by atoms with Crippen LogP contribution in [0.15, 0.2) is 42.9 Å². The second-order valence-electron chi connectivity index (χ2n) is 3.76. The van der Waals surface area contributed by atoms with Crippen molar-refractivity contribution in [3.05, 3.63) is 54.0 Å². The number of benzene rings is 1. The van der Waals surface area contributed by atoms with Crippen molar-refractivity contribution in [2.24, 2.45) is 0 Å². The molecule has 1 heterocycles. The van der Waals surface area contributed by atoms with Crippen LogP contribution in [-0.2, 0) is 15.8 Å². The van der Waals surface area contributed by atoms with Gasteiger partial charge in [0.15, 0.2) is 5.82 Å². The summed E-state index contributed by atoms with van der Waals surface area (Å²) in [6.07, 6.45) is 4.19. The van der Waals surface area contributed by atoms with Gasteiger partial charge in [-0.1, -0.05) is 12.1 Å². The molecule has 0 unspecified atom stereocenters. The molecule has 0 atom stereocenters. The second-order valence-corrected chi connectivity index (χ2v) is 5.48. The minimum absolute atomic E-state index is 0.177. The molecule has 1 aromatic heterocycles. The summed E-state index contributed by atoms with van der Waals surface area (Å²) in [6, 6.07) is 8.34. The van der Waals surface area contributed by atoms with Gasteiger partial charge in [0.2, 0.25) is 10.0 Å². The third-order valence-corrected chi connectivity index (χ3v) is 3.50. The van der Waals surface area contributed by atoms with Gasteiger partial charge in [-0.05, 0) is 17.7 Å². The van der Waals surface area contributed by atoms with E-state index in [1.165, 1.54) is 18.6 Å². The minimum Gasteiger partial charge on any atom is -0.266 e. The lowest BCUT2D eigenvalue weighted by molar-refractivity contribution is 0.600. The first-order valence-electron chi connectivity index (χ1n) is 5.34. The molecule has 0 spiro atoms. The second kappa shape index (κ2) is 5.46. The summed E-state index contributed by atoms with van der Waals surface area (Å²) in [5.74, 6) is -0.00825. The first-order chi connectivity index (χ1) is 9.09. The molecule has 6 nitrogen and oxygen atoms in total. The maximum atomic E-state index is 11.9. The molecule has 7 heteroatoms. The summed E-state index contributed by atoms with van der Waals surface area (Å²) < 4.78 is 26.1. The predicted octanol–water partition coefficient (Wildman–Crippen LogP) is 1.29. The van der Waals surface area contributed by atoms with E-state index in [1.54, 1.807) is 24.3 Å². The third-order valence-electron chi connectivity index (χ3n) is 2.26. The van der Waals surface area contributed by atoms with Gasteiger partial charge in [-0.25, -0.2) is 13.4 Å². The standard InChI is InChI=1S/C12H10N4O2S/c13-7-10-1-3-11(4-2-10)9-19(17,18)16-12-8-14-5-6-15-12/h1-6,8H,9H2,(H,15,16). The van der Waals surface area contributed by atoms with Crippen LogP contribution in [0, 0.1) is 11.3 Å². The fraction of sp³-hybridized carbons (Fsp3) is 0.0833. The molecule has 1 N–H and O–H groups in total. The molecular formula is C12H10N4O2S. The molecule has 96 valence electrons. The molecule has 1 aromatic carbocycles. The molecule has 0 radical (unpaired) electrons. The van der Waals surface area contributed by atoms with E-state index in [-0.39, 0.29) is 11.6 Å². The van der Waals surface area contributed by atoms with Crippen molar-refractivity contribution in [2.75, 3.05) is 4.72 Å². The number of hydrogen-bond acceptors (Lipinski definition) is 5. The lowest BCUT2D eigenvalue weighted by Crippen LogP contribution is -2.16.